The van der Waals surface area contributed by atoms with Gasteiger partial charge in [-0.2, -0.15) is 0 Å². The molecule has 0 saturated carbocycles. The third-order valence-corrected chi connectivity index (χ3v) is 5.23. The second-order valence-electron chi connectivity index (χ2n) is 6.39. The van der Waals surface area contributed by atoms with Gasteiger partial charge >= 0.3 is 0 Å². The lowest BCUT2D eigenvalue weighted by Crippen LogP contribution is -2.30. The Hall–Kier alpha value is -1.96. The zero-order chi connectivity index (χ0) is 14.4. The van der Waals surface area contributed by atoms with E-state index in [1.54, 1.807) is 11.3 Å². The Balaban J connectivity index is 1.87. The lowest BCUT2D eigenvalue weighted by Gasteiger charge is -2.35. The minimum absolute atomic E-state index is 0.448. The van der Waals surface area contributed by atoms with Gasteiger partial charge in [-0.3, -0.25) is 0 Å². The van der Waals surface area contributed by atoms with Crippen molar-refractivity contribution in [3.05, 3.63) is 64.9 Å². The molecule has 3 aliphatic rings. The number of allylic oxidation sites excluding steroid dienone is 6. The fraction of sp³-hybridized carbons (Fsp3) is 0.368. The summed E-state index contributed by atoms with van der Waals surface area (Å²) in [5.74, 6) is 1.05. The van der Waals surface area contributed by atoms with E-state index >= 15 is 0 Å². The van der Waals surface area contributed by atoms with Crippen LogP contribution in [0.15, 0.2) is 59.3 Å². The fourth-order valence-corrected chi connectivity index (χ4v) is 4.38. The van der Waals surface area contributed by atoms with E-state index in [1.807, 2.05) is 12.1 Å². The third-order valence-electron chi connectivity index (χ3n) is 5.23. The number of nitrogens with zero attached hydrogens (tertiary/aromatic N) is 1. The highest BCUT2D eigenvalue weighted by Gasteiger charge is 2.42. The van der Waals surface area contributed by atoms with Gasteiger partial charge in [0.15, 0.2) is 0 Å². The van der Waals surface area contributed by atoms with Crippen molar-refractivity contribution >= 4 is 5.69 Å². The molecule has 1 heterocycles. The first-order valence-corrected chi connectivity index (χ1v) is 7.93. The van der Waals surface area contributed by atoms with Gasteiger partial charge in [-0.25, -0.2) is 0 Å². The minimum Gasteiger partial charge on any atom is -0.398 e. The molecular formula is C19H22N2. The van der Waals surface area contributed by atoms with Crippen LogP contribution in [0.3, 0.4) is 0 Å². The second kappa shape index (κ2) is 4.80. The Morgan fingerprint density at radius 2 is 2.10 bits per heavy atom. The van der Waals surface area contributed by atoms with Crippen LogP contribution in [0.1, 0.15) is 30.7 Å². The normalized spacial score (nSPS) is 27.5. The van der Waals surface area contributed by atoms with Crippen LogP contribution in [0.25, 0.3) is 0 Å². The highest BCUT2D eigenvalue weighted by Crippen LogP contribution is 2.54. The van der Waals surface area contributed by atoms with Crippen LogP contribution < -0.4 is 5.73 Å². The van der Waals surface area contributed by atoms with E-state index in [1.165, 1.54) is 30.5 Å². The molecule has 21 heavy (non-hydrogen) atoms. The average molecular weight is 278 g/mol. The monoisotopic (exact) mass is 278 g/mol. The summed E-state index contributed by atoms with van der Waals surface area (Å²) in [5.41, 5.74) is 13.2. The van der Waals surface area contributed by atoms with Gasteiger partial charge in [0.1, 0.15) is 0 Å². The highest BCUT2D eigenvalue weighted by molar-refractivity contribution is 5.61. The van der Waals surface area contributed by atoms with Gasteiger partial charge in [-0.1, -0.05) is 36.4 Å². The van der Waals surface area contributed by atoms with Gasteiger partial charge in [0.05, 0.1) is 0 Å². The molecule has 2 nitrogen and oxygen atoms in total. The largest absolute Gasteiger partial charge is 0.398 e. The molecule has 4 rings (SSSR count). The molecule has 2 aliphatic carbocycles. The third kappa shape index (κ3) is 1.85. The highest BCUT2D eigenvalue weighted by atomic mass is 15.1. The number of fused-ring (bicyclic) bond motifs is 2. The Morgan fingerprint density at radius 1 is 1.24 bits per heavy atom. The van der Waals surface area contributed by atoms with Crippen LogP contribution in [-0.4, -0.2) is 18.5 Å². The van der Waals surface area contributed by atoms with Crippen LogP contribution in [0.2, 0.25) is 0 Å². The molecule has 1 saturated heterocycles. The number of anilines is 1. The van der Waals surface area contributed by atoms with Crippen LogP contribution >= 0.6 is 0 Å². The lowest BCUT2D eigenvalue weighted by atomic mass is 9.79. The zero-order valence-electron chi connectivity index (χ0n) is 12.5. The molecule has 0 amide bonds. The number of hydrogen-bond acceptors (Lipinski definition) is 2. The first-order valence-electron chi connectivity index (χ1n) is 7.93. The molecule has 1 aliphatic heterocycles. The minimum atomic E-state index is 0.448. The number of piperidine rings is 1. The second-order valence-corrected chi connectivity index (χ2v) is 6.39. The van der Waals surface area contributed by atoms with Crippen LogP contribution in [0.5, 0.6) is 0 Å². The van der Waals surface area contributed by atoms with Crippen molar-refractivity contribution in [3.8, 4) is 0 Å². The van der Waals surface area contributed by atoms with Crippen molar-refractivity contribution in [2.75, 3.05) is 19.3 Å². The van der Waals surface area contributed by atoms with Crippen molar-refractivity contribution < 1.29 is 0 Å². The van der Waals surface area contributed by atoms with Crippen LogP contribution in [0.4, 0.5) is 5.69 Å². The van der Waals surface area contributed by atoms with E-state index in [9.17, 15) is 0 Å². The Bertz CT molecular complexity index is 666. The number of likely N-dealkylation sites (tertiary alicyclic amines) is 1. The first kappa shape index (κ1) is 12.8. The van der Waals surface area contributed by atoms with Crippen LogP contribution in [-0.2, 0) is 0 Å². The number of rotatable bonds is 1. The van der Waals surface area contributed by atoms with E-state index in [0.29, 0.717) is 11.8 Å². The fourth-order valence-electron chi connectivity index (χ4n) is 4.38. The van der Waals surface area contributed by atoms with Gasteiger partial charge in [0.25, 0.3) is 0 Å². The maximum Gasteiger partial charge on any atom is 0.0353 e. The maximum absolute atomic E-state index is 6.30. The first-order chi connectivity index (χ1) is 10.3. The topological polar surface area (TPSA) is 29.3 Å². The van der Waals surface area contributed by atoms with Crippen LogP contribution in [0, 0.1) is 5.92 Å². The molecule has 1 fully saturated rings. The van der Waals surface area contributed by atoms with Crippen molar-refractivity contribution in [3.63, 3.8) is 0 Å². The lowest BCUT2D eigenvalue weighted by molar-refractivity contribution is 0.276. The summed E-state index contributed by atoms with van der Waals surface area (Å²) in [7, 11) is 2.25. The molecule has 0 bridgehead atoms. The van der Waals surface area contributed by atoms with Crippen molar-refractivity contribution in [1.82, 2.24) is 4.90 Å². The molecule has 0 aromatic heterocycles. The standard InChI is InChI=1S/C19H22N2/c1-21-12-6-10-16-18(15-9-4-5-11-17(15)20)13-7-2-3-8-14(13)19(16)21/h2-5,7,9,11,16,18H,6,8,10,12,20H2,1H3. The quantitative estimate of drug-likeness (QED) is 0.791. The molecule has 0 radical (unpaired) electrons. The Labute approximate surface area is 126 Å². The van der Waals surface area contributed by atoms with E-state index < -0.39 is 0 Å². The zero-order valence-corrected chi connectivity index (χ0v) is 12.5. The van der Waals surface area contributed by atoms with Gasteiger partial charge < -0.3 is 10.6 Å². The number of nitrogen functional groups attached to an aromatic ring is 1. The molecule has 2 unspecified atom stereocenters. The number of nitrogens with two attached hydrogens (primary N) is 1. The molecule has 108 valence electrons. The van der Waals surface area contributed by atoms with Gasteiger partial charge in [-0.15, -0.1) is 0 Å². The molecule has 2 atom stereocenters. The van der Waals surface area contributed by atoms with E-state index in [4.69, 9.17) is 5.73 Å². The van der Waals surface area contributed by atoms with Gasteiger partial charge in [0.2, 0.25) is 0 Å². The van der Waals surface area contributed by atoms with E-state index in [0.717, 1.165) is 12.1 Å². The SMILES string of the molecule is CN1CCCC2C1=C1CC=CC=C1C2c1ccccc1N. The number of benzene rings is 1. The Kier molecular flexibility index (Phi) is 2.91. The summed E-state index contributed by atoms with van der Waals surface area (Å²) < 4.78 is 0. The number of hydrogen-bond donors (Lipinski definition) is 1. The molecule has 2 heteroatoms. The molecular weight excluding hydrogens is 256 g/mol. The molecule has 1 aromatic rings. The summed E-state index contributed by atoms with van der Waals surface area (Å²) in [5, 5.41) is 0. The van der Waals surface area contributed by atoms with E-state index in [-0.39, 0.29) is 0 Å². The van der Waals surface area contributed by atoms with E-state index in [2.05, 4.69) is 42.3 Å². The summed E-state index contributed by atoms with van der Waals surface area (Å²) in [6, 6.07) is 8.41. The average Bonchev–Trinajstić information content (AvgIpc) is 2.83. The predicted octanol–water partition coefficient (Wildman–Crippen LogP) is 3.85. The predicted molar refractivity (Wildman–Crippen MR) is 87.8 cm³/mol. The summed E-state index contributed by atoms with van der Waals surface area (Å²) >= 11 is 0. The smallest absolute Gasteiger partial charge is 0.0353 e. The Morgan fingerprint density at radius 3 is 2.95 bits per heavy atom. The molecule has 1 aromatic carbocycles. The number of para-hydroxylation sites is 1. The maximum atomic E-state index is 6.30. The van der Waals surface area contributed by atoms with Gasteiger partial charge in [0, 0.05) is 36.8 Å². The summed E-state index contributed by atoms with van der Waals surface area (Å²) in [4.78, 5) is 2.48. The van der Waals surface area contributed by atoms with Gasteiger partial charge in [-0.05, 0) is 42.0 Å². The molecule has 0 spiro atoms. The van der Waals surface area contributed by atoms with Crippen molar-refractivity contribution in [1.29, 1.82) is 0 Å². The molecule has 2 N–H and O–H groups in total. The van der Waals surface area contributed by atoms with Crippen molar-refractivity contribution in [2.24, 2.45) is 5.92 Å². The summed E-state index contributed by atoms with van der Waals surface area (Å²) in [6.45, 7) is 1.18. The van der Waals surface area contributed by atoms with Crippen molar-refractivity contribution in [2.45, 2.75) is 25.2 Å². The summed E-state index contributed by atoms with van der Waals surface area (Å²) in [6.07, 6.45) is 10.4.